The van der Waals surface area contributed by atoms with E-state index >= 15 is 0 Å². The average molecular weight is 486 g/mol. The molecular weight excluding hydrogens is 462 g/mol. The predicted octanol–water partition coefficient (Wildman–Crippen LogP) is 3.97. The number of likely N-dealkylation sites (N-methyl/N-ethyl adjacent to an activating group) is 1. The summed E-state index contributed by atoms with van der Waals surface area (Å²) in [4.78, 5) is 24.3. The van der Waals surface area contributed by atoms with Gasteiger partial charge in [-0.1, -0.05) is 30.7 Å². The molecule has 0 aliphatic carbocycles. The van der Waals surface area contributed by atoms with E-state index in [2.05, 4.69) is 35.2 Å². The van der Waals surface area contributed by atoms with Crippen LogP contribution in [0.4, 0.5) is 0 Å². The minimum Gasteiger partial charge on any atom is -0.346 e. The van der Waals surface area contributed by atoms with Gasteiger partial charge in [-0.2, -0.15) is 10.4 Å². The van der Waals surface area contributed by atoms with E-state index in [1.807, 2.05) is 25.1 Å². The fourth-order valence-electron chi connectivity index (χ4n) is 4.67. The Morgan fingerprint density at radius 2 is 2.00 bits per heavy atom. The summed E-state index contributed by atoms with van der Waals surface area (Å²) in [5.41, 5.74) is 5.02. The van der Waals surface area contributed by atoms with Gasteiger partial charge in [-0.05, 0) is 55.8 Å². The topological polar surface area (TPSA) is 99.2 Å². The first-order valence-electron chi connectivity index (χ1n) is 11.4. The number of hydrogen-bond donors (Lipinski definition) is 1. The van der Waals surface area contributed by atoms with Crippen molar-refractivity contribution in [1.82, 2.24) is 29.8 Å². The number of hydrogen-bond acceptors (Lipinski definition) is 6. The molecule has 176 valence electrons. The van der Waals surface area contributed by atoms with E-state index in [1.54, 1.807) is 35.0 Å². The third-order valence-electron chi connectivity index (χ3n) is 6.31. The highest BCUT2D eigenvalue weighted by Gasteiger charge is 2.29. The van der Waals surface area contributed by atoms with E-state index in [9.17, 15) is 10.1 Å². The van der Waals surface area contributed by atoms with Gasteiger partial charge in [0.15, 0.2) is 5.65 Å². The molecule has 35 heavy (non-hydrogen) atoms. The number of nitriles is 1. The maximum atomic E-state index is 13.1. The van der Waals surface area contributed by atoms with Crippen LogP contribution < -0.4 is 5.32 Å². The van der Waals surface area contributed by atoms with Crippen LogP contribution in [-0.2, 0) is 0 Å². The Morgan fingerprint density at radius 3 is 2.71 bits per heavy atom. The van der Waals surface area contributed by atoms with Gasteiger partial charge in [-0.15, -0.1) is 0 Å². The van der Waals surface area contributed by atoms with Gasteiger partial charge in [-0.25, -0.2) is 14.5 Å². The standard InChI is InChI=1S/C26H24ClN7O/c1-15-13-33(3)14-21(15)31-26(35)20-7-8-34-25(30-20)23(19-9-16(2)29-22(27)11-19)24(32-34)18-6-4-5-17(10-18)12-28/h4-11,15,21H,13-14H2,1-3H3,(H,31,35)/t15-,21-/m0/s1. The zero-order valence-corrected chi connectivity index (χ0v) is 20.4. The van der Waals surface area contributed by atoms with Crippen molar-refractivity contribution in [3.63, 3.8) is 0 Å². The van der Waals surface area contributed by atoms with Crippen LogP contribution >= 0.6 is 11.6 Å². The van der Waals surface area contributed by atoms with Gasteiger partial charge in [0.05, 0.1) is 17.2 Å². The molecule has 0 radical (unpaired) electrons. The van der Waals surface area contributed by atoms with Crippen LogP contribution in [0.25, 0.3) is 28.0 Å². The van der Waals surface area contributed by atoms with Crippen molar-refractivity contribution in [2.45, 2.75) is 19.9 Å². The number of nitrogens with one attached hydrogen (secondary N) is 1. The molecule has 1 aliphatic rings. The van der Waals surface area contributed by atoms with Crippen LogP contribution in [0.3, 0.4) is 0 Å². The molecule has 1 aromatic carbocycles. The predicted molar refractivity (Wildman–Crippen MR) is 134 cm³/mol. The van der Waals surface area contributed by atoms with Crippen molar-refractivity contribution in [2.24, 2.45) is 5.92 Å². The molecule has 0 unspecified atom stereocenters. The van der Waals surface area contributed by atoms with Crippen LogP contribution in [0.15, 0.2) is 48.7 Å². The second-order valence-electron chi connectivity index (χ2n) is 9.10. The van der Waals surface area contributed by atoms with Crippen LogP contribution in [0, 0.1) is 24.2 Å². The SMILES string of the molecule is Cc1cc(-c2c(-c3cccc(C#N)c3)nn3ccc(C(=O)N[C@H]4CN(C)C[C@@H]4C)nc23)cc(Cl)n1. The first-order chi connectivity index (χ1) is 16.8. The Labute approximate surface area is 208 Å². The molecule has 1 saturated heterocycles. The summed E-state index contributed by atoms with van der Waals surface area (Å²) in [7, 11) is 2.05. The number of aromatic nitrogens is 4. The number of amides is 1. The Balaban J connectivity index is 1.65. The number of benzene rings is 1. The Kier molecular flexibility index (Phi) is 5.97. The number of aryl methyl sites for hydroxylation is 1. The highest BCUT2D eigenvalue weighted by molar-refractivity contribution is 6.29. The molecular formula is C26H24ClN7O. The van der Waals surface area contributed by atoms with Gasteiger partial charge in [0.1, 0.15) is 16.5 Å². The summed E-state index contributed by atoms with van der Waals surface area (Å²) in [6, 6.07) is 14.8. The molecule has 1 fully saturated rings. The lowest BCUT2D eigenvalue weighted by Crippen LogP contribution is -2.40. The van der Waals surface area contributed by atoms with Crippen molar-refractivity contribution < 1.29 is 4.79 Å². The molecule has 5 rings (SSSR count). The van der Waals surface area contributed by atoms with E-state index < -0.39 is 0 Å². The normalized spacial score (nSPS) is 18.0. The molecule has 4 aromatic rings. The number of nitrogens with zero attached hydrogens (tertiary/aromatic N) is 6. The zero-order valence-electron chi connectivity index (χ0n) is 19.7. The quantitative estimate of drug-likeness (QED) is 0.439. The lowest BCUT2D eigenvalue weighted by molar-refractivity contribution is 0.0927. The number of carbonyl (C=O) groups is 1. The van der Waals surface area contributed by atoms with Crippen molar-refractivity contribution >= 4 is 23.2 Å². The lowest BCUT2D eigenvalue weighted by Gasteiger charge is -2.16. The number of fused-ring (bicyclic) bond motifs is 1. The number of pyridine rings is 1. The second kappa shape index (κ2) is 9.10. The third-order valence-corrected chi connectivity index (χ3v) is 6.50. The fourth-order valence-corrected chi connectivity index (χ4v) is 4.92. The first-order valence-corrected chi connectivity index (χ1v) is 11.7. The third kappa shape index (κ3) is 4.48. The maximum Gasteiger partial charge on any atom is 0.270 e. The van der Waals surface area contributed by atoms with E-state index in [1.165, 1.54) is 0 Å². The molecule has 4 heterocycles. The summed E-state index contributed by atoms with van der Waals surface area (Å²) in [6.07, 6.45) is 1.73. The summed E-state index contributed by atoms with van der Waals surface area (Å²) >= 11 is 6.30. The van der Waals surface area contributed by atoms with E-state index in [0.29, 0.717) is 33.7 Å². The Morgan fingerprint density at radius 1 is 1.17 bits per heavy atom. The second-order valence-corrected chi connectivity index (χ2v) is 9.48. The van der Waals surface area contributed by atoms with Crippen LogP contribution in [0.1, 0.15) is 28.7 Å². The molecule has 2 atom stereocenters. The molecule has 0 spiro atoms. The van der Waals surface area contributed by atoms with Crippen molar-refractivity contribution in [3.8, 4) is 28.5 Å². The van der Waals surface area contributed by atoms with Crippen LogP contribution in [0.5, 0.6) is 0 Å². The lowest BCUT2D eigenvalue weighted by atomic mass is 10.00. The summed E-state index contributed by atoms with van der Waals surface area (Å²) < 4.78 is 1.65. The maximum absolute atomic E-state index is 13.1. The fraction of sp³-hybridized carbons (Fsp3) is 0.269. The number of halogens is 1. The minimum atomic E-state index is -0.219. The number of carbonyl (C=O) groups excluding carboxylic acids is 1. The van der Waals surface area contributed by atoms with Crippen LogP contribution in [0.2, 0.25) is 5.15 Å². The van der Waals surface area contributed by atoms with Gasteiger partial charge in [-0.3, -0.25) is 4.79 Å². The highest BCUT2D eigenvalue weighted by Crippen LogP contribution is 2.36. The molecule has 8 nitrogen and oxygen atoms in total. The summed E-state index contributed by atoms with van der Waals surface area (Å²) in [5, 5.41) is 17.6. The summed E-state index contributed by atoms with van der Waals surface area (Å²) in [6.45, 7) is 5.75. The van der Waals surface area contributed by atoms with Crippen LogP contribution in [-0.4, -0.2) is 56.6 Å². The Bertz CT molecular complexity index is 1470. The molecule has 1 aliphatic heterocycles. The largest absolute Gasteiger partial charge is 0.346 e. The van der Waals surface area contributed by atoms with Gasteiger partial charge >= 0.3 is 0 Å². The summed E-state index contributed by atoms with van der Waals surface area (Å²) in [5.74, 6) is 0.142. The van der Waals surface area contributed by atoms with Gasteiger partial charge < -0.3 is 10.2 Å². The molecule has 0 saturated carbocycles. The van der Waals surface area contributed by atoms with Crippen molar-refractivity contribution in [3.05, 3.63) is 70.8 Å². The van der Waals surface area contributed by atoms with Gasteiger partial charge in [0, 0.05) is 36.6 Å². The highest BCUT2D eigenvalue weighted by atomic mass is 35.5. The first kappa shape index (κ1) is 23.0. The Hall–Kier alpha value is -3.80. The van der Waals surface area contributed by atoms with Gasteiger partial charge in [0.25, 0.3) is 5.91 Å². The monoisotopic (exact) mass is 485 g/mol. The molecule has 9 heteroatoms. The van der Waals surface area contributed by atoms with Crippen molar-refractivity contribution in [1.29, 1.82) is 5.26 Å². The average Bonchev–Trinajstić information content (AvgIpc) is 3.36. The zero-order chi connectivity index (χ0) is 24.7. The number of likely N-dealkylation sites (tertiary alicyclic amines) is 1. The smallest absolute Gasteiger partial charge is 0.270 e. The van der Waals surface area contributed by atoms with Gasteiger partial charge in [0.2, 0.25) is 0 Å². The molecule has 1 N–H and O–H groups in total. The molecule has 1 amide bonds. The van der Waals surface area contributed by atoms with Crippen molar-refractivity contribution in [2.75, 3.05) is 20.1 Å². The number of rotatable bonds is 4. The molecule has 0 bridgehead atoms. The minimum absolute atomic E-state index is 0.0702. The van der Waals surface area contributed by atoms with E-state index in [4.69, 9.17) is 21.7 Å². The van der Waals surface area contributed by atoms with E-state index in [-0.39, 0.29) is 11.9 Å². The molecule has 3 aromatic heterocycles. The van der Waals surface area contributed by atoms with E-state index in [0.717, 1.165) is 35.5 Å².